The van der Waals surface area contributed by atoms with Gasteiger partial charge in [-0.25, -0.2) is 9.59 Å². The molecule has 32 nitrogen and oxygen atoms in total. The molecular formula is C62H98N8O24S8-2. The van der Waals surface area contributed by atoms with Gasteiger partial charge in [0.1, 0.15) is 24.8 Å². The fourth-order valence-electron chi connectivity index (χ4n) is 4.81. The number of Topliss-reactive ketones (excluding diaryl/α,β-unsaturated/α-hetero) is 4. The molecule has 580 valence electrons. The van der Waals surface area contributed by atoms with E-state index in [1.807, 2.05) is 97.9 Å². The van der Waals surface area contributed by atoms with Gasteiger partial charge in [-0.15, -0.1) is 0 Å². The molecule has 6 amide bonds. The maximum absolute atomic E-state index is 11.5. The molecule has 5 rings (SSSR count). The van der Waals surface area contributed by atoms with Gasteiger partial charge in [-0.3, -0.25) is 79.2 Å². The highest BCUT2D eigenvalue weighted by Gasteiger charge is 2.14. The summed E-state index contributed by atoms with van der Waals surface area (Å²) in [5.74, 6) is 0.665. The standard InChI is InChI=1S/C15H19NO5S2.C10H17NO5S2.C7H6S.2C6H11NO3.2C4H6N2O2.C2H4S.2C2H6S.2CO2.2CH3/c1-20-14(18)8-5-12(17)9-16-15(19)21-10-11-3-6-13(7-4-11)23-22-2;1-15-9(13)4-3-8(12)7-11-10(14)16-5-6-18-17-2;1-6-2-4-7(8)5-3-6;2*1-10-6(9)3-2-5(8)4-7;2*7-3-1-2-4(8)6-5-3;1-2-3-1;2*1-3-2;2*2-1-3;;/h3-4,6-7H,5,8-10H2,1-2H3,(H,16,19);3-7H2,1-2H3,(H,11,14);2-5H,1H2;2*2-4,7H2,1H3;2*1-2H2,(H,5,7)(H,6,8);1-2H2;2*1-2H3;;;2*1H3/q;;;;;;;;;;;;2*-1. The summed E-state index contributed by atoms with van der Waals surface area (Å²) in [5.41, 5.74) is 20.6. The van der Waals surface area contributed by atoms with Crippen molar-refractivity contribution in [2.24, 2.45) is 11.5 Å². The number of nitrogens with two attached hydrogens (primary N) is 2. The number of hydrazine groups is 2. The number of benzene rings is 1. The number of ether oxygens (including phenoxy) is 6. The first-order chi connectivity index (χ1) is 47.6. The Balaban J connectivity index is -0.000000140. The number of carbonyl (C=O) groups is 14. The predicted octanol–water partition coefficient (Wildman–Crippen LogP) is 5.30. The lowest BCUT2D eigenvalue weighted by Gasteiger charge is -2.10. The number of alkyl carbamates (subject to hydrolysis) is 2. The third kappa shape index (κ3) is 96.8. The number of hydrogen-bond donors (Lipinski definition) is 8. The molecule has 1 aliphatic carbocycles. The van der Waals surface area contributed by atoms with Crippen molar-refractivity contribution in [2.75, 3.05) is 116 Å². The predicted molar refractivity (Wildman–Crippen MR) is 403 cm³/mol. The Morgan fingerprint density at radius 3 is 1.08 bits per heavy atom. The molecule has 0 unspecified atom stereocenters. The number of thiocarbonyl (C=S) groups is 1. The molecule has 4 aliphatic rings. The van der Waals surface area contributed by atoms with Gasteiger partial charge in [0, 0.05) is 78.4 Å². The Bertz CT molecular complexity index is 2510. The molecule has 0 radical (unpaired) electrons. The van der Waals surface area contributed by atoms with Gasteiger partial charge in [0.05, 0.1) is 80.3 Å². The van der Waals surface area contributed by atoms with E-state index in [4.69, 9.17) is 52.3 Å². The minimum atomic E-state index is -0.668. The van der Waals surface area contributed by atoms with Crippen LogP contribution >= 0.6 is 90.7 Å². The summed E-state index contributed by atoms with van der Waals surface area (Å²) in [7, 11) is 11.6. The van der Waals surface area contributed by atoms with Gasteiger partial charge in [0.15, 0.2) is 11.6 Å². The first-order valence-electron chi connectivity index (χ1n) is 28.7. The molecule has 3 fully saturated rings. The Morgan fingerprint density at radius 1 is 0.520 bits per heavy atom. The first kappa shape index (κ1) is 113. The van der Waals surface area contributed by atoms with E-state index in [-0.39, 0.29) is 170 Å². The molecule has 102 heavy (non-hydrogen) atoms. The summed E-state index contributed by atoms with van der Waals surface area (Å²) in [6.45, 7) is 3.84. The van der Waals surface area contributed by atoms with Crippen LogP contribution in [0.3, 0.4) is 0 Å². The number of hydrogen-bond acceptors (Lipinski definition) is 34. The summed E-state index contributed by atoms with van der Waals surface area (Å²) < 4.78 is 27.3. The van der Waals surface area contributed by atoms with Crippen LogP contribution in [0.1, 0.15) is 82.6 Å². The SMILES string of the molecule is C1CS1.C=C1C=CC(=S)C=C1.COC(=O)CCC(=O)CN.COC(=O)CCC(=O)CN.COC(=O)CCC(=O)CNC(=O)OCCSSC.COC(=O)CCC(=O)CNC(=O)OCc1ccc(SSC)cc1.CSC.CSC.O=C1CCC(=O)NN1.O=C1CCC(=O)NN1.O=C=O.O=C=O.[CH3-].[CH3-]. The Kier molecular flexibility index (Phi) is 95.5. The van der Waals surface area contributed by atoms with Crippen LogP contribution in [0, 0.1) is 14.9 Å². The molecule has 1 aromatic rings. The molecule has 3 heterocycles. The van der Waals surface area contributed by atoms with Crippen LogP contribution in [0.5, 0.6) is 0 Å². The van der Waals surface area contributed by atoms with E-state index >= 15 is 0 Å². The van der Waals surface area contributed by atoms with Gasteiger partial charge in [0.25, 0.3) is 0 Å². The molecule has 3 aliphatic heterocycles. The van der Waals surface area contributed by atoms with Crippen molar-refractivity contribution in [1.82, 2.24) is 32.3 Å². The molecule has 0 aromatic heterocycles. The molecule has 0 spiro atoms. The Hall–Kier alpha value is -7.36. The highest BCUT2D eigenvalue weighted by Crippen LogP contribution is 2.28. The number of nitrogens with one attached hydrogen (secondary N) is 6. The maximum atomic E-state index is 11.5. The average Bonchev–Trinajstić information content (AvgIpc) is 0.996. The molecule has 1 aromatic carbocycles. The van der Waals surface area contributed by atoms with Crippen molar-refractivity contribution >= 4 is 191 Å². The molecule has 3 saturated heterocycles. The number of thioether (sulfide) groups is 3. The number of amides is 6. The van der Waals surface area contributed by atoms with Crippen molar-refractivity contribution in [3.63, 3.8) is 0 Å². The van der Waals surface area contributed by atoms with Crippen molar-refractivity contribution in [3.05, 3.63) is 81.1 Å². The smallest absolute Gasteiger partial charge is 0.407 e. The van der Waals surface area contributed by atoms with Crippen LogP contribution in [0.15, 0.2) is 65.6 Å². The molecule has 10 N–H and O–H groups in total. The summed E-state index contributed by atoms with van der Waals surface area (Å²) in [6.07, 6.45) is 20.9. The highest BCUT2D eigenvalue weighted by molar-refractivity contribution is 8.76. The summed E-state index contributed by atoms with van der Waals surface area (Å²) in [4.78, 5) is 184. The zero-order valence-corrected chi connectivity index (χ0v) is 65.9. The maximum Gasteiger partial charge on any atom is 0.407 e. The highest BCUT2D eigenvalue weighted by atomic mass is 33.1. The van der Waals surface area contributed by atoms with E-state index in [1.54, 1.807) is 66.7 Å². The molecule has 0 bridgehead atoms. The van der Waals surface area contributed by atoms with Crippen molar-refractivity contribution in [3.8, 4) is 0 Å². The molecular weight excluding hydrogens is 1500 g/mol. The summed E-state index contributed by atoms with van der Waals surface area (Å²) in [6, 6.07) is 7.67. The van der Waals surface area contributed by atoms with E-state index in [9.17, 15) is 67.1 Å². The van der Waals surface area contributed by atoms with Crippen LogP contribution < -0.4 is 43.8 Å². The van der Waals surface area contributed by atoms with Crippen molar-refractivity contribution in [2.45, 2.75) is 88.6 Å². The number of carbonyl (C=O) groups excluding carboxylic acids is 18. The third-order valence-electron chi connectivity index (χ3n) is 9.62. The second-order valence-corrected chi connectivity index (χ2v) is 26.1. The number of rotatable bonds is 26. The minimum Gasteiger partial charge on any atom is -0.469 e. The molecule has 0 saturated carbocycles. The van der Waals surface area contributed by atoms with E-state index in [0.717, 1.165) is 20.9 Å². The van der Waals surface area contributed by atoms with Crippen LogP contribution in [0.4, 0.5) is 9.59 Å². The van der Waals surface area contributed by atoms with Crippen molar-refractivity contribution in [1.29, 1.82) is 0 Å². The molecule has 40 heteroatoms. The second kappa shape index (κ2) is 86.0. The quantitative estimate of drug-likeness (QED) is 0.0111. The lowest BCUT2D eigenvalue weighted by Crippen LogP contribution is -2.46. The van der Waals surface area contributed by atoms with Gasteiger partial charge in [-0.05, 0) is 73.0 Å². The number of methoxy groups -OCH3 is 4. The van der Waals surface area contributed by atoms with Gasteiger partial charge in [-0.1, -0.05) is 86.3 Å². The minimum absolute atomic E-state index is 0. The number of ketones is 4. The topological polar surface area (TPSA) is 487 Å². The van der Waals surface area contributed by atoms with Crippen LogP contribution in [-0.2, 0) is 112 Å². The normalized spacial score (nSPS) is 11.4. The Labute approximate surface area is 630 Å². The van der Waals surface area contributed by atoms with E-state index < -0.39 is 24.1 Å². The van der Waals surface area contributed by atoms with E-state index in [1.165, 1.54) is 39.9 Å². The first-order valence-corrected chi connectivity index (χ1v) is 38.8. The van der Waals surface area contributed by atoms with E-state index in [0.29, 0.717) is 38.0 Å². The van der Waals surface area contributed by atoms with Gasteiger partial charge >= 0.3 is 48.4 Å². The number of esters is 4. The zero-order valence-electron chi connectivity index (χ0n) is 59.4. The fraction of sp³-hybridized carbons (Fsp3) is 0.500. The summed E-state index contributed by atoms with van der Waals surface area (Å²) >= 11 is 10.3. The third-order valence-corrected chi connectivity index (χ3v) is 13.8. The largest absolute Gasteiger partial charge is 0.469 e. The lowest BCUT2D eigenvalue weighted by molar-refractivity contribution is -0.193. The van der Waals surface area contributed by atoms with Gasteiger partial charge < -0.3 is 65.4 Å². The van der Waals surface area contributed by atoms with E-state index in [2.05, 4.69) is 57.9 Å². The molecule has 0 atom stereocenters. The monoisotopic (exact) mass is 1590 g/mol. The van der Waals surface area contributed by atoms with Gasteiger partial charge in [0.2, 0.25) is 23.6 Å². The van der Waals surface area contributed by atoms with Gasteiger partial charge in [-0.2, -0.15) is 54.5 Å². The van der Waals surface area contributed by atoms with Crippen LogP contribution in [-0.4, -0.2) is 216 Å². The number of allylic oxidation sites excluding steroid dienone is 5. The van der Waals surface area contributed by atoms with Crippen molar-refractivity contribution < 1.29 is 115 Å². The second-order valence-electron chi connectivity index (χ2n) is 17.6. The van der Waals surface area contributed by atoms with Crippen LogP contribution in [0.25, 0.3) is 0 Å². The fourth-order valence-corrected chi connectivity index (χ4v) is 7.32. The summed E-state index contributed by atoms with van der Waals surface area (Å²) in [5, 5.41) is 4.68. The Morgan fingerprint density at radius 2 is 0.824 bits per heavy atom. The average molecular weight is 1600 g/mol. The zero-order chi connectivity index (χ0) is 77.7. The van der Waals surface area contributed by atoms with Crippen LogP contribution in [0.2, 0.25) is 0 Å². The lowest BCUT2D eigenvalue weighted by atomic mass is 10.1.